The highest BCUT2D eigenvalue weighted by molar-refractivity contribution is 5.95. The number of benzene rings is 2. The van der Waals surface area contributed by atoms with Crippen molar-refractivity contribution in [2.75, 3.05) is 6.61 Å². The van der Waals surface area contributed by atoms with E-state index in [1.807, 2.05) is 19.1 Å². The van der Waals surface area contributed by atoms with Crippen LogP contribution in [0.4, 0.5) is 0 Å². The van der Waals surface area contributed by atoms with Crippen LogP contribution >= 0.6 is 0 Å². The van der Waals surface area contributed by atoms with Gasteiger partial charge in [-0.2, -0.15) is 0 Å². The average molecular weight is 399 g/mol. The number of aryl methyl sites for hydroxylation is 1. The summed E-state index contributed by atoms with van der Waals surface area (Å²) in [6, 6.07) is 14.2. The molecule has 156 valence electrons. The van der Waals surface area contributed by atoms with E-state index in [-0.39, 0.29) is 0 Å². The molecule has 0 aliphatic carbocycles. The van der Waals surface area contributed by atoms with Gasteiger partial charge >= 0.3 is 0 Å². The van der Waals surface area contributed by atoms with Crippen LogP contribution in [0.15, 0.2) is 48.5 Å². The molecular formula is C23H30N2O4. The van der Waals surface area contributed by atoms with Gasteiger partial charge in [0.25, 0.3) is 11.8 Å². The van der Waals surface area contributed by atoms with Crippen molar-refractivity contribution in [3.05, 3.63) is 59.7 Å². The van der Waals surface area contributed by atoms with Crippen molar-refractivity contribution in [1.29, 1.82) is 0 Å². The van der Waals surface area contributed by atoms with Gasteiger partial charge in [-0.1, -0.05) is 43.9 Å². The highest BCUT2D eigenvalue weighted by Crippen LogP contribution is 2.14. The zero-order chi connectivity index (χ0) is 21.1. The number of nitrogens with one attached hydrogen (secondary N) is 2. The number of amides is 2. The molecule has 0 aromatic heterocycles. The SMILES string of the molecule is CCCCCCOc1ccc(C(=O)NNC(=O)C(C)Oc2ccc(C)cc2)cc1. The molecule has 0 spiro atoms. The maximum Gasteiger partial charge on any atom is 0.279 e. The molecule has 1 atom stereocenters. The van der Waals surface area contributed by atoms with Crippen molar-refractivity contribution in [3.63, 3.8) is 0 Å². The molecule has 0 saturated heterocycles. The largest absolute Gasteiger partial charge is 0.494 e. The van der Waals surface area contributed by atoms with Gasteiger partial charge in [-0.25, -0.2) is 0 Å². The molecule has 0 bridgehead atoms. The smallest absolute Gasteiger partial charge is 0.279 e. The second kappa shape index (κ2) is 11.7. The summed E-state index contributed by atoms with van der Waals surface area (Å²) in [6.07, 6.45) is 3.83. The summed E-state index contributed by atoms with van der Waals surface area (Å²) < 4.78 is 11.2. The zero-order valence-electron chi connectivity index (χ0n) is 17.4. The molecule has 0 aliphatic heterocycles. The molecule has 6 heteroatoms. The molecule has 0 saturated carbocycles. The van der Waals surface area contributed by atoms with Gasteiger partial charge in [-0.05, 0) is 56.7 Å². The van der Waals surface area contributed by atoms with Gasteiger partial charge < -0.3 is 9.47 Å². The molecule has 2 rings (SSSR count). The third-order valence-electron chi connectivity index (χ3n) is 4.39. The fraction of sp³-hybridized carbons (Fsp3) is 0.391. The van der Waals surface area contributed by atoms with Crippen molar-refractivity contribution < 1.29 is 19.1 Å². The number of rotatable bonds is 10. The van der Waals surface area contributed by atoms with Gasteiger partial charge in [0.2, 0.25) is 0 Å². The monoisotopic (exact) mass is 398 g/mol. The molecule has 2 N–H and O–H groups in total. The molecule has 29 heavy (non-hydrogen) atoms. The Morgan fingerprint density at radius 3 is 2.21 bits per heavy atom. The summed E-state index contributed by atoms with van der Waals surface area (Å²) in [5.74, 6) is 0.471. The maximum atomic E-state index is 12.2. The van der Waals surface area contributed by atoms with Crippen LogP contribution in [0, 0.1) is 6.92 Å². The summed E-state index contributed by atoms with van der Waals surface area (Å²) in [4.78, 5) is 24.3. The second-order valence-electron chi connectivity index (χ2n) is 6.95. The van der Waals surface area contributed by atoms with Crippen LogP contribution in [0.1, 0.15) is 55.5 Å². The van der Waals surface area contributed by atoms with Crippen LogP contribution in [0.3, 0.4) is 0 Å². The Labute approximate surface area is 172 Å². The van der Waals surface area contributed by atoms with E-state index in [1.165, 1.54) is 12.8 Å². The topological polar surface area (TPSA) is 76.7 Å². The van der Waals surface area contributed by atoms with Gasteiger partial charge in [-0.15, -0.1) is 0 Å². The number of ether oxygens (including phenoxy) is 2. The predicted molar refractivity (Wildman–Crippen MR) is 113 cm³/mol. The van der Waals surface area contributed by atoms with Gasteiger partial charge in [0.05, 0.1) is 6.61 Å². The standard InChI is InChI=1S/C23H30N2O4/c1-4-5-6-7-16-28-20-14-10-19(11-15-20)23(27)25-24-22(26)18(3)29-21-12-8-17(2)9-13-21/h8-15,18H,4-7,16H2,1-3H3,(H,24,26)(H,25,27). The van der Waals surface area contributed by atoms with Crippen molar-refractivity contribution in [2.24, 2.45) is 0 Å². The van der Waals surface area contributed by atoms with Crippen LogP contribution in [0.2, 0.25) is 0 Å². The quantitative estimate of drug-likeness (QED) is 0.465. The average Bonchev–Trinajstić information content (AvgIpc) is 2.73. The first-order valence-electron chi connectivity index (χ1n) is 10.1. The van der Waals surface area contributed by atoms with E-state index in [1.54, 1.807) is 43.3 Å². The molecule has 2 aromatic rings. The van der Waals surface area contributed by atoms with Crippen LogP contribution in [-0.2, 0) is 4.79 Å². The highest BCUT2D eigenvalue weighted by Gasteiger charge is 2.16. The molecule has 1 unspecified atom stereocenters. The zero-order valence-corrected chi connectivity index (χ0v) is 17.4. The molecule has 0 fully saturated rings. The number of hydrazine groups is 1. The third-order valence-corrected chi connectivity index (χ3v) is 4.39. The van der Waals surface area contributed by atoms with Gasteiger partial charge in [0, 0.05) is 5.56 Å². The lowest BCUT2D eigenvalue weighted by molar-refractivity contribution is -0.128. The molecule has 2 aromatic carbocycles. The van der Waals surface area contributed by atoms with Crippen molar-refractivity contribution in [1.82, 2.24) is 10.9 Å². The summed E-state index contributed by atoms with van der Waals surface area (Å²) in [7, 11) is 0. The Morgan fingerprint density at radius 1 is 0.897 bits per heavy atom. The molecule has 0 radical (unpaired) electrons. The Kier molecular flexibility index (Phi) is 9.02. The van der Waals surface area contributed by atoms with E-state index < -0.39 is 17.9 Å². The van der Waals surface area contributed by atoms with E-state index in [9.17, 15) is 9.59 Å². The van der Waals surface area contributed by atoms with Crippen LogP contribution in [0.25, 0.3) is 0 Å². The number of hydrogen-bond acceptors (Lipinski definition) is 4. The highest BCUT2D eigenvalue weighted by atomic mass is 16.5. The summed E-state index contributed by atoms with van der Waals surface area (Å²) in [6.45, 7) is 6.43. The first-order chi connectivity index (χ1) is 14.0. The van der Waals surface area contributed by atoms with Gasteiger partial charge in [0.1, 0.15) is 11.5 Å². The minimum Gasteiger partial charge on any atom is -0.494 e. The maximum absolute atomic E-state index is 12.2. The third kappa shape index (κ3) is 7.86. The second-order valence-corrected chi connectivity index (χ2v) is 6.95. The lowest BCUT2D eigenvalue weighted by atomic mass is 10.2. The van der Waals surface area contributed by atoms with E-state index >= 15 is 0 Å². The van der Waals surface area contributed by atoms with Crippen molar-refractivity contribution >= 4 is 11.8 Å². The van der Waals surface area contributed by atoms with Crippen LogP contribution in [0.5, 0.6) is 11.5 Å². The van der Waals surface area contributed by atoms with Crippen molar-refractivity contribution in [3.8, 4) is 11.5 Å². The summed E-state index contributed by atoms with van der Waals surface area (Å²) >= 11 is 0. The first kappa shape index (κ1) is 22.3. The lowest BCUT2D eigenvalue weighted by Gasteiger charge is -2.15. The molecule has 0 aliphatic rings. The number of carbonyl (C=O) groups is 2. The van der Waals surface area contributed by atoms with Crippen LogP contribution < -0.4 is 20.3 Å². The lowest BCUT2D eigenvalue weighted by Crippen LogP contribution is -2.47. The van der Waals surface area contributed by atoms with E-state index in [4.69, 9.17) is 9.47 Å². The minimum atomic E-state index is -0.749. The van der Waals surface area contributed by atoms with E-state index in [0.717, 1.165) is 24.2 Å². The predicted octanol–water partition coefficient (Wildman–Crippen LogP) is 4.18. The molecular weight excluding hydrogens is 368 g/mol. The number of carbonyl (C=O) groups excluding carboxylic acids is 2. The van der Waals surface area contributed by atoms with Crippen molar-refractivity contribution in [2.45, 2.75) is 52.6 Å². The van der Waals surface area contributed by atoms with Crippen LogP contribution in [-0.4, -0.2) is 24.5 Å². The van der Waals surface area contributed by atoms with E-state index in [0.29, 0.717) is 17.9 Å². The Morgan fingerprint density at radius 2 is 1.55 bits per heavy atom. The Bertz CT molecular complexity index is 772. The van der Waals surface area contributed by atoms with Gasteiger partial charge in [0.15, 0.2) is 6.10 Å². The first-order valence-corrected chi connectivity index (χ1v) is 10.1. The summed E-state index contributed by atoms with van der Waals surface area (Å²) in [5.41, 5.74) is 6.32. The molecule has 2 amide bonds. The fourth-order valence-corrected chi connectivity index (χ4v) is 2.59. The fourth-order valence-electron chi connectivity index (χ4n) is 2.59. The van der Waals surface area contributed by atoms with E-state index in [2.05, 4.69) is 17.8 Å². The van der Waals surface area contributed by atoms with Gasteiger partial charge in [-0.3, -0.25) is 20.4 Å². The minimum absolute atomic E-state index is 0.407. The molecule has 0 heterocycles. The normalized spacial score (nSPS) is 11.4. The Balaban J connectivity index is 1.74. The Hall–Kier alpha value is -3.02. The summed E-state index contributed by atoms with van der Waals surface area (Å²) in [5, 5.41) is 0. The number of hydrogen-bond donors (Lipinski definition) is 2. The molecule has 6 nitrogen and oxygen atoms in total. The number of unbranched alkanes of at least 4 members (excludes halogenated alkanes) is 3.